The summed E-state index contributed by atoms with van der Waals surface area (Å²) in [4.78, 5) is 18.3. The van der Waals surface area contributed by atoms with Crippen LogP contribution in [0.4, 0.5) is 4.79 Å². The second kappa shape index (κ2) is 7.96. The molecule has 1 aromatic carbocycles. The minimum atomic E-state index is -0.927. The maximum Gasteiger partial charge on any atom is 0.408 e. The van der Waals surface area contributed by atoms with E-state index in [1.807, 2.05) is 39.1 Å². The highest BCUT2D eigenvalue weighted by Gasteiger charge is 2.39. The van der Waals surface area contributed by atoms with Crippen molar-refractivity contribution in [2.45, 2.75) is 71.0 Å². The normalized spacial score (nSPS) is 19.8. The zero-order valence-corrected chi connectivity index (χ0v) is 18.3. The largest absolute Gasteiger partial charge is 0.465 e. The van der Waals surface area contributed by atoms with Crippen LogP contribution in [0.5, 0.6) is 0 Å². The summed E-state index contributed by atoms with van der Waals surface area (Å²) in [5.41, 5.74) is 1.58. The van der Waals surface area contributed by atoms with Crippen LogP contribution in [0.15, 0.2) is 24.4 Å². The smallest absolute Gasteiger partial charge is 0.408 e. The van der Waals surface area contributed by atoms with Gasteiger partial charge in [-0.2, -0.15) is 0 Å². The number of amides is 1. The van der Waals surface area contributed by atoms with Gasteiger partial charge in [-0.15, -0.1) is 0 Å². The van der Waals surface area contributed by atoms with Gasteiger partial charge in [-0.1, -0.05) is 42.3 Å². The van der Waals surface area contributed by atoms with Crippen LogP contribution in [0.1, 0.15) is 69.6 Å². The van der Waals surface area contributed by atoms with Gasteiger partial charge in [-0.25, -0.2) is 9.78 Å². The van der Waals surface area contributed by atoms with Crippen molar-refractivity contribution in [2.24, 2.45) is 0 Å². The number of imidazole rings is 1. The first kappa shape index (κ1) is 21.0. The Kier molecular flexibility index (Phi) is 5.97. The summed E-state index contributed by atoms with van der Waals surface area (Å²) in [6.45, 7) is 8.57. The first-order chi connectivity index (χ1) is 13.1. The van der Waals surface area contributed by atoms with Gasteiger partial charge < -0.3 is 9.67 Å². The van der Waals surface area contributed by atoms with Gasteiger partial charge >= 0.3 is 6.09 Å². The van der Waals surface area contributed by atoms with E-state index in [1.54, 1.807) is 6.07 Å². The van der Waals surface area contributed by atoms with Crippen LogP contribution < -0.4 is 0 Å². The molecular formula is C21H27Cl2N3O2. The van der Waals surface area contributed by atoms with Crippen LogP contribution in [0.2, 0.25) is 10.0 Å². The number of rotatable bonds is 3. The third kappa shape index (κ3) is 3.87. The number of benzene rings is 1. The summed E-state index contributed by atoms with van der Waals surface area (Å²) >= 11 is 12.8. The maximum atomic E-state index is 12.1. The average Bonchev–Trinajstić information content (AvgIpc) is 2.92. The predicted molar refractivity (Wildman–Crippen MR) is 112 cm³/mol. The van der Waals surface area contributed by atoms with E-state index in [4.69, 9.17) is 23.2 Å². The second-order valence-corrected chi connectivity index (χ2v) is 9.11. The van der Waals surface area contributed by atoms with E-state index in [0.29, 0.717) is 23.0 Å². The van der Waals surface area contributed by atoms with E-state index < -0.39 is 11.6 Å². The Morgan fingerprint density at radius 3 is 2.64 bits per heavy atom. The van der Waals surface area contributed by atoms with Crippen molar-refractivity contribution in [3.8, 4) is 0 Å². The molecule has 1 aromatic heterocycles. The van der Waals surface area contributed by atoms with Crippen LogP contribution >= 0.6 is 23.2 Å². The predicted octanol–water partition coefficient (Wildman–Crippen LogP) is 6.15. The fraction of sp³-hybridized carbons (Fsp3) is 0.524. The van der Waals surface area contributed by atoms with E-state index in [-0.39, 0.29) is 12.0 Å². The number of hydrogen-bond acceptors (Lipinski definition) is 2. The maximum absolute atomic E-state index is 12.1. The lowest BCUT2D eigenvalue weighted by Crippen LogP contribution is -2.47. The fourth-order valence-corrected chi connectivity index (χ4v) is 4.67. The summed E-state index contributed by atoms with van der Waals surface area (Å²) in [6, 6.07) is 5.42. The lowest BCUT2D eigenvalue weighted by Gasteiger charge is -2.39. The number of nitrogens with zero attached hydrogens (tertiary/aromatic N) is 3. The van der Waals surface area contributed by atoms with Crippen molar-refractivity contribution in [2.75, 3.05) is 0 Å². The molecule has 1 N–H and O–H groups in total. The number of fused-ring (bicyclic) bond motifs is 1. The molecule has 1 aliphatic heterocycles. The van der Waals surface area contributed by atoms with E-state index >= 15 is 0 Å². The first-order valence-electron chi connectivity index (χ1n) is 9.65. The molecule has 0 saturated heterocycles. The molecule has 2 atom stereocenters. The average molecular weight is 424 g/mol. The van der Waals surface area contributed by atoms with Gasteiger partial charge in [0.2, 0.25) is 0 Å². The van der Waals surface area contributed by atoms with Crippen LogP contribution in [0, 0.1) is 0 Å². The van der Waals surface area contributed by atoms with E-state index in [9.17, 15) is 9.90 Å². The quantitative estimate of drug-likeness (QED) is 0.643. The summed E-state index contributed by atoms with van der Waals surface area (Å²) in [5.74, 6) is 0.958. The van der Waals surface area contributed by atoms with Crippen LogP contribution in [0.3, 0.4) is 0 Å². The SMILES string of the molecule is CCc1cnc2n1C[C@H](c1cccc(Cl)c1Cl)CC[C@H]2N(C(=O)O)C(C)(C)C. The van der Waals surface area contributed by atoms with Gasteiger partial charge in [0.25, 0.3) is 0 Å². The van der Waals surface area contributed by atoms with Gasteiger partial charge in [0, 0.05) is 29.9 Å². The molecule has 3 rings (SSSR count). The number of halogens is 2. The van der Waals surface area contributed by atoms with Gasteiger partial charge in [0.1, 0.15) is 5.82 Å². The number of carboxylic acid groups (broad SMARTS) is 1. The monoisotopic (exact) mass is 423 g/mol. The molecular weight excluding hydrogens is 397 g/mol. The van der Waals surface area contributed by atoms with E-state index in [2.05, 4.69) is 16.5 Å². The topological polar surface area (TPSA) is 58.4 Å². The van der Waals surface area contributed by atoms with E-state index in [1.165, 1.54) is 4.90 Å². The Morgan fingerprint density at radius 2 is 2.04 bits per heavy atom. The Morgan fingerprint density at radius 1 is 1.32 bits per heavy atom. The third-order valence-electron chi connectivity index (χ3n) is 5.48. The highest BCUT2D eigenvalue weighted by Crippen LogP contribution is 2.41. The summed E-state index contributed by atoms with van der Waals surface area (Å²) in [5, 5.41) is 11.1. The zero-order valence-electron chi connectivity index (χ0n) is 16.7. The zero-order chi connectivity index (χ0) is 20.6. The molecule has 0 fully saturated rings. The van der Waals surface area contributed by atoms with Crippen molar-refractivity contribution in [1.82, 2.24) is 14.5 Å². The number of aromatic nitrogens is 2. The molecule has 0 radical (unpaired) electrons. The molecule has 7 heteroatoms. The lowest BCUT2D eigenvalue weighted by atomic mass is 9.92. The van der Waals surface area contributed by atoms with Crippen molar-refractivity contribution >= 4 is 29.3 Å². The number of carbonyl (C=O) groups is 1. The number of aryl methyl sites for hydroxylation is 1. The summed E-state index contributed by atoms with van der Waals surface area (Å²) in [6.07, 6.45) is 3.25. The molecule has 1 aliphatic rings. The van der Waals surface area contributed by atoms with Gasteiger partial charge in [-0.3, -0.25) is 4.90 Å². The molecule has 0 unspecified atom stereocenters. The fourth-order valence-electron chi connectivity index (χ4n) is 4.21. The standard InChI is InChI=1S/C21H27Cl2N3O2/c1-5-14-11-24-19-17(26(20(27)28)21(2,3)4)10-9-13(12-25(14)19)15-7-6-8-16(22)18(15)23/h6-8,11,13,17H,5,9-10,12H2,1-4H3,(H,27,28)/t13-,17-/m1/s1. The third-order valence-corrected chi connectivity index (χ3v) is 6.32. The van der Waals surface area contributed by atoms with Gasteiger partial charge in [-0.05, 0) is 51.7 Å². The van der Waals surface area contributed by atoms with Crippen LogP contribution in [-0.2, 0) is 13.0 Å². The first-order valence-corrected chi connectivity index (χ1v) is 10.4. The van der Waals surface area contributed by atoms with Crippen LogP contribution in [-0.4, -0.2) is 31.2 Å². The summed E-state index contributed by atoms with van der Waals surface area (Å²) in [7, 11) is 0. The molecule has 152 valence electrons. The minimum absolute atomic E-state index is 0.144. The Balaban J connectivity index is 2.08. The molecule has 28 heavy (non-hydrogen) atoms. The molecule has 0 spiro atoms. The highest BCUT2D eigenvalue weighted by atomic mass is 35.5. The Hall–Kier alpha value is -1.72. The molecule has 2 heterocycles. The van der Waals surface area contributed by atoms with Gasteiger partial charge in [0.15, 0.2) is 0 Å². The molecule has 0 bridgehead atoms. The lowest BCUT2D eigenvalue weighted by molar-refractivity contribution is 0.0633. The van der Waals surface area contributed by atoms with Crippen molar-refractivity contribution in [3.63, 3.8) is 0 Å². The molecule has 0 aliphatic carbocycles. The van der Waals surface area contributed by atoms with Gasteiger partial charge in [0.05, 0.1) is 16.1 Å². The van der Waals surface area contributed by atoms with Crippen LogP contribution in [0.25, 0.3) is 0 Å². The Bertz CT molecular complexity index is 873. The molecule has 5 nitrogen and oxygen atoms in total. The van der Waals surface area contributed by atoms with Crippen molar-refractivity contribution < 1.29 is 9.90 Å². The second-order valence-electron chi connectivity index (χ2n) is 8.33. The minimum Gasteiger partial charge on any atom is -0.465 e. The van der Waals surface area contributed by atoms with Crippen molar-refractivity contribution in [1.29, 1.82) is 0 Å². The molecule has 2 aromatic rings. The molecule has 1 amide bonds. The Labute approximate surface area is 176 Å². The number of hydrogen-bond donors (Lipinski definition) is 1. The summed E-state index contributed by atoms with van der Waals surface area (Å²) < 4.78 is 2.18. The molecule has 0 saturated carbocycles. The highest BCUT2D eigenvalue weighted by molar-refractivity contribution is 6.42. The van der Waals surface area contributed by atoms with Crippen molar-refractivity contribution in [3.05, 3.63) is 51.5 Å². The van der Waals surface area contributed by atoms with E-state index in [0.717, 1.165) is 29.9 Å².